The molecule has 1 saturated carbocycles. The molecule has 0 aromatic heterocycles. The summed E-state index contributed by atoms with van der Waals surface area (Å²) in [6.45, 7) is 0.741. The summed E-state index contributed by atoms with van der Waals surface area (Å²) in [6, 6.07) is 0. The van der Waals surface area contributed by atoms with E-state index in [-0.39, 0.29) is 0 Å². The maximum Gasteiger partial charge on any atom is 0.0584 e. The normalized spacial score (nSPS) is 19.5. The van der Waals surface area contributed by atoms with Crippen molar-refractivity contribution in [2.24, 2.45) is 4.99 Å². The van der Waals surface area contributed by atoms with Crippen molar-refractivity contribution in [1.82, 2.24) is 0 Å². The van der Waals surface area contributed by atoms with Crippen LogP contribution in [0.25, 0.3) is 0 Å². The summed E-state index contributed by atoms with van der Waals surface area (Å²) in [6.07, 6.45) is 8.20. The van der Waals surface area contributed by atoms with Crippen molar-refractivity contribution in [3.63, 3.8) is 0 Å². The van der Waals surface area contributed by atoms with Crippen molar-refractivity contribution in [3.8, 4) is 0 Å². The molecule has 0 saturated heterocycles. The van der Waals surface area contributed by atoms with Gasteiger partial charge >= 0.3 is 0 Å². The molecule has 0 unspecified atom stereocenters. The third kappa shape index (κ3) is 5.55. The molecule has 0 aliphatic heterocycles. The van der Waals surface area contributed by atoms with Crippen LogP contribution >= 0.6 is 12.2 Å². The lowest BCUT2D eigenvalue weighted by Crippen LogP contribution is -2.20. The third-order valence-corrected chi connectivity index (χ3v) is 4.89. The van der Waals surface area contributed by atoms with Crippen LogP contribution in [-0.2, 0) is 10.8 Å². The quantitative estimate of drug-likeness (QED) is 0.409. The van der Waals surface area contributed by atoms with Crippen LogP contribution in [0, 0.1) is 0 Å². The van der Waals surface area contributed by atoms with Crippen LogP contribution < -0.4 is 0 Å². The largest absolute Gasteiger partial charge is 0.259 e. The number of hydrogen-bond donors (Lipinski definition) is 0. The van der Waals surface area contributed by atoms with E-state index in [2.05, 4.69) is 22.4 Å². The van der Waals surface area contributed by atoms with Crippen LogP contribution in [0.4, 0.5) is 0 Å². The molecule has 15 heavy (non-hydrogen) atoms. The highest BCUT2D eigenvalue weighted by Gasteiger charge is 2.18. The standard InChI is InChI=1S/C11H19NOS2/c13-15(9-5-4-8-12-10-14)11-6-2-1-3-7-11/h11H,1-9H2/t15-/m1/s1. The molecule has 0 spiro atoms. The molecule has 0 aromatic rings. The zero-order valence-corrected chi connectivity index (χ0v) is 10.7. The van der Waals surface area contributed by atoms with E-state index in [4.69, 9.17) is 0 Å². The number of aliphatic imine (C=N–C) groups is 1. The first kappa shape index (κ1) is 13.0. The van der Waals surface area contributed by atoms with Gasteiger partial charge in [0, 0.05) is 28.3 Å². The average molecular weight is 245 g/mol. The Hall–Kier alpha value is -0.0500. The minimum atomic E-state index is -0.600. The van der Waals surface area contributed by atoms with Gasteiger partial charge in [-0.3, -0.25) is 4.21 Å². The molecule has 0 radical (unpaired) electrons. The smallest absolute Gasteiger partial charge is 0.0584 e. The van der Waals surface area contributed by atoms with Crippen molar-refractivity contribution >= 4 is 28.2 Å². The number of unbranched alkanes of at least 4 members (excludes halogenated alkanes) is 1. The molecule has 1 fully saturated rings. The first-order valence-electron chi connectivity index (χ1n) is 5.75. The van der Waals surface area contributed by atoms with Gasteiger partial charge in [0.1, 0.15) is 0 Å². The summed E-state index contributed by atoms with van der Waals surface area (Å²) in [5.41, 5.74) is 0. The zero-order valence-electron chi connectivity index (χ0n) is 9.11. The van der Waals surface area contributed by atoms with Gasteiger partial charge in [-0.25, -0.2) is 4.99 Å². The van der Waals surface area contributed by atoms with E-state index in [1.54, 1.807) is 0 Å². The van der Waals surface area contributed by atoms with E-state index in [9.17, 15) is 4.21 Å². The lowest BCUT2D eigenvalue weighted by Gasteiger charge is -2.20. The van der Waals surface area contributed by atoms with Crippen molar-refractivity contribution in [2.75, 3.05) is 12.3 Å². The van der Waals surface area contributed by atoms with Crippen molar-refractivity contribution < 1.29 is 4.21 Å². The summed E-state index contributed by atoms with van der Waals surface area (Å²) in [4.78, 5) is 3.85. The van der Waals surface area contributed by atoms with Crippen LogP contribution in [0.1, 0.15) is 44.9 Å². The number of nitrogens with zero attached hydrogens (tertiary/aromatic N) is 1. The second-order valence-corrected chi connectivity index (χ2v) is 6.04. The molecular formula is C11H19NOS2. The van der Waals surface area contributed by atoms with E-state index in [1.807, 2.05) is 0 Å². The topological polar surface area (TPSA) is 29.4 Å². The summed E-state index contributed by atoms with van der Waals surface area (Å²) in [7, 11) is -0.600. The van der Waals surface area contributed by atoms with E-state index >= 15 is 0 Å². The predicted octanol–water partition coefficient (Wildman–Crippen LogP) is 2.95. The first-order valence-corrected chi connectivity index (χ1v) is 7.54. The molecule has 2 nitrogen and oxygen atoms in total. The molecule has 4 heteroatoms. The Bertz CT molecular complexity index is 243. The summed E-state index contributed by atoms with van der Waals surface area (Å²) >= 11 is 4.48. The van der Waals surface area contributed by atoms with E-state index in [0.717, 1.165) is 25.1 Å². The molecule has 86 valence electrons. The minimum absolute atomic E-state index is 0.479. The number of hydrogen-bond acceptors (Lipinski definition) is 3. The fourth-order valence-corrected chi connectivity index (χ4v) is 3.75. The predicted molar refractivity (Wildman–Crippen MR) is 69.0 cm³/mol. The van der Waals surface area contributed by atoms with Gasteiger partial charge in [0.2, 0.25) is 0 Å². The van der Waals surface area contributed by atoms with Gasteiger partial charge in [-0.05, 0) is 37.9 Å². The Morgan fingerprint density at radius 2 is 2.00 bits per heavy atom. The Morgan fingerprint density at radius 1 is 1.27 bits per heavy atom. The lowest BCUT2D eigenvalue weighted by atomic mass is 10.0. The van der Waals surface area contributed by atoms with Crippen LogP contribution in [0.5, 0.6) is 0 Å². The maximum atomic E-state index is 11.9. The van der Waals surface area contributed by atoms with E-state index in [1.165, 1.54) is 32.1 Å². The fraction of sp³-hybridized carbons (Fsp3) is 0.909. The second kappa shape index (κ2) is 8.14. The number of rotatable bonds is 6. The highest BCUT2D eigenvalue weighted by molar-refractivity contribution is 7.85. The number of isothiocyanates is 1. The Labute approximate surface area is 100 Å². The Balaban J connectivity index is 2.09. The Kier molecular flexibility index (Phi) is 7.07. The molecular weight excluding hydrogens is 226 g/mol. The number of thiocarbonyl (C=S) groups is 1. The molecule has 0 amide bonds. The average Bonchev–Trinajstić information content (AvgIpc) is 2.30. The molecule has 1 aliphatic rings. The van der Waals surface area contributed by atoms with Crippen LogP contribution in [-0.4, -0.2) is 26.9 Å². The van der Waals surface area contributed by atoms with Crippen LogP contribution in [0.15, 0.2) is 4.99 Å². The van der Waals surface area contributed by atoms with E-state index < -0.39 is 10.8 Å². The highest BCUT2D eigenvalue weighted by Crippen LogP contribution is 2.22. The minimum Gasteiger partial charge on any atom is -0.259 e. The Morgan fingerprint density at radius 3 is 2.67 bits per heavy atom. The molecule has 0 aromatic carbocycles. The van der Waals surface area contributed by atoms with Crippen molar-refractivity contribution in [1.29, 1.82) is 0 Å². The molecule has 0 N–H and O–H groups in total. The molecule has 1 rings (SSSR count). The molecule has 0 heterocycles. The van der Waals surface area contributed by atoms with Gasteiger partial charge in [-0.1, -0.05) is 19.3 Å². The molecule has 1 atom stereocenters. The summed E-state index contributed by atoms with van der Waals surface area (Å²) in [5, 5.41) is 2.83. The zero-order chi connectivity index (χ0) is 10.9. The van der Waals surface area contributed by atoms with Gasteiger partial charge < -0.3 is 0 Å². The van der Waals surface area contributed by atoms with Gasteiger partial charge in [-0.15, -0.1) is 0 Å². The maximum absolute atomic E-state index is 11.9. The van der Waals surface area contributed by atoms with E-state index in [0.29, 0.717) is 5.25 Å². The van der Waals surface area contributed by atoms with Gasteiger partial charge in [-0.2, -0.15) is 0 Å². The van der Waals surface area contributed by atoms with Crippen LogP contribution in [0.3, 0.4) is 0 Å². The van der Waals surface area contributed by atoms with Crippen molar-refractivity contribution in [2.45, 2.75) is 50.2 Å². The lowest BCUT2D eigenvalue weighted by molar-refractivity contribution is 0.504. The fourth-order valence-electron chi connectivity index (χ4n) is 1.98. The monoisotopic (exact) mass is 245 g/mol. The van der Waals surface area contributed by atoms with Crippen molar-refractivity contribution in [3.05, 3.63) is 0 Å². The van der Waals surface area contributed by atoms with Gasteiger partial charge in [0.05, 0.1) is 5.16 Å². The van der Waals surface area contributed by atoms with Gasteiger partial charge in [0.15, 0.2) is 0 Å². The summed E-state index contributed by atoms with van der Waals surface area (Å²) < 4.78 is 11.9. The van der Waals surface area contributed by atoms with Gasteiger partial charge in [0.25, 0.3) is 0 Å². The second-order valence-electron chi connectivity index (χ2n) is 4.03. The van der Waals surface area contributed by atoms with Crippen LogP contribution in [0.2, 0.25) is 0 Å². The molecule has 0 bridgehead atoms. The third-order valence-electron chi connectivity index (χ3n) is 2.85. The summed E-state index contributed by atoms with van der Waals surface area (Å²) in [5.74, 6) is 0.845. The molecule has 1 aliphatic carbocycles. The first-order chi connectivity index (χ1) is 7.34. The SMILES string of the molecule is O=[S@](CCCCN=C=S)C1CCCCC1. The highest BCUT2D eigenvalue weighted by atomic mass is 32.2.